The standard InChI is InChI=1S/C16H18N2O5S/c19-15-8-24-16(17(15)10-4-2-1-3-5-10)11-6-13-14(23-9-22-13)7-12(11)18(20)21/h6-7,10,16H,1-5,8-9H2/t16-/m1/s1. The van der Waals surface area contributed by atoms with Crippen molar-refractivity contribution in [3.8, 4) is 11.5 Å². The molecule has 1 saturated heterocycles. The molecule has 1 atom stereocenters. The smallest absolute Gasteiger partial charge is 0.279 e. The molecule has 1 aromatic rings. The summed E-state index contributed by atoms with van der Waals surface area (Å²) in [5.74, 6) is 1.35. The topological polar surface area (TPSA) is 81.9 Å². The zero-order valence-corrected chi connectivity index (χ0v) is 13.9. The van der Waals surface area contributed by atoms with Crippen LogP contribution in [0.2, 0.25) is 0 Å². The minimum atomic E-state index is -0.403. The maximum absolute atomic E-state index is 12.5. The lowest BCUT2D eigenvalue weighted by Crippen LogP contribution is -2.39. The van der Waals surface area contributed by atoms with Gasteiger partial charge in [-0.1, -0.05) is 19.3 Å². The molecule has 0 bridgehead atoms. The largest absolute Gasteiger partial charge is 0.454 e. The summed E-state index contributed by atoms with van der Waals surface area (Å²) in [6, 6.07) is 3.27. The molecule has 8 heteroatoms. The van der Waals surface area contributed by atoms with Gasteiger partial charge in [0.05, 0.1) is 22.3 Å². The maximum Gasteiger partial charge on any atom is 0.279 e. The third-order valence-corrected chi connectivity index (χ3v) is 6.07. The van der Waals surface area contributed by atoms with Crippen molar-refractivity contribution in [2.24, 2.45) is 0 Å². The number of hydrogen-bond acceptors (Lipinski definition) is 6. The van der Waals surface area contributed by atoms with Crippen LogP contribution in [0.4, 0.5) is 5.69 Å². The summed E-state index contributed by atoms with van der Waals surface area (Å²) >= 11 is 1.46. The number of fused-ring (bicyclic) bond motifs is 1. The molecule has 1 aromatic carbocycles. The first kappa shape index (κ1) is 15.6. The molecule has 0 spiro atoms. The van der Waals surface area contributed by atoms with Gasteiger partial charge in [-0.05, 0) is 18.9 Å². The van der Waals surface area contributed by atoms with E-state index in [4.69, 9.17) is 9.47 Å². The highest BCUT2D eigenvalue weighted by Crippen LogP contribution is 2.49. The van der Waals surface area contributed by atoms with Gasteiger partial charge in [0.2, 0.25) is 12.7 Å². The average molecular weight is 350 g/mol. The zero-order valence-electron chi connectivity index (χ0n) is 13.1. The van der Waals surface area contributed by atoms with Crippen LogP contribution in [0.1, 0.15) is 43.0 Å². The molecule has 0 N–H and O–H groups in total. The van der Waals surface area contributed by atoms with E-state index < -0.39 is 4.92 Å². The molecule has 0 unspecified atom stereocenters. The number of nitrogens with zero attached hydrogens (tertiary/aromatic N) is 2. The molecule has 2 aliphatic heterocycles. The Hall–Kier alpha value is -1.96. The Morgan fingerprint density at radius 1 is 1.17 bits per heavy atom. The first-order valence-corrected chi connectivity index (χ1v) is 9.21. The maximum atomic E-state index is 12.5. The quantitative estimate of drug-likeness (QED) is 0.615. The van der Waals surface area contributed by atoms with Gasteiger partial charge in [-0.3, -0.25) is 14.9 Å². The molecule has 1 saturated carbocycles. The van der Waals surface area contributed by atoms with Crippen LogP contribution < -0.4 is 9.47 Å². The summed E-state index contributed by atoms with van der Waals surface area (Å²) in [5.41, 5.74) is 0.526. The predicted molar refractivity (Wildman–Crippen MR) is 88.1 cm³/mol. The lowest BCUT2D eigenvalue weighted by molar-refractivity contribution is -0.385. The molecule has 1 aliphatic carbocycles. The van der Waals surface area contributed by atoms with Gasteiger partial charge < -0.3 is 14.4 Å². The molecular formula is C16H18N2O5S. The summed E-state index contributed by atoms with van der Waals surface area (Å²) in [6.07, 6.45) is 5.35. The van der Waals surface area contributed by atoms with E-state index in [0.717, 1.165) is 25.7 Å². The number of carbonyl (C=O) groups is 1. The van der Waals surface area contributed by atoms with Crippen molar-refractivity contribution in [3.05, 3.63) is 27.8 Å². The number of ether oxygens (including phenoxy) is 2. The average Bonchev–Trinajstić information content (AvgIpc) is 3.20. The highest BCUT2D eigenvalue weighted by Gasteiger charge is 2.41. The number of rotatable bonds is 3. The normalized spacial score (nSPS) is 23.8. The van der Waals surface area contributed by atoms with E-state index in [2.05, 4.69) is 0 Å². The summed E-state index contributed by atoms with van der Waals surface area (Å²) in [5, 5.41) is 11.2. The highest BCUT2D eigenvalue weighted by atomic mass is 32.2. The molecule has 0 aromatic heterocycles. The van der Waals surface area contributed by atoms with Crippen molar-refractivity contribution in [2.45, 2.75) is 43.5 Å². The van der Waals surface area contributed by atoms with Gasteiger partial charge in [0.25, 0.3) is 5.69 Å². The molecule has 1 amide bonds. The Morgan fingerprint density at radius 2 is 1.88 bits per heavy atom. The Morgan fingerprint density at radius 3 is 2.58 bits per heavy atom. The number of nitro groups is 1. The Bertz CT molecular complexity index is 689. The van der Waals surface area contributed by atoms with E-state index in [1.165, 1.54) is 24.2 Å². The molecule has 2 fully saturated rings. The van der Waals surface area contributed by atoms with E-state index in [9.17, 15) is 14.9 Å². The van der Waals surface area contributed by atoms with Gasteiger partial charge in [-0.15, -0.1) is 11.8 Å². The Balaban J connectivity index is 1.73. The van der Waals surface area contributed by atoms with Gasteiger partial charge in [-0.25, -0.2) is 0 Å². The van der Waals surface area contributed by atoms with E-state index in [1.54, 1.807) is 6.07 Å². The minimum Gasteiger partial charge on any atom is -0.454 e. The van der Waals surface area contributed by atoms with Gasteiger partial charge in [0.1, 0.15) is 5.37 Å². The third-order valence-electron chi connectivity index (χ3n) is 4.86. The van der Waals surface area contributed by atoms with E-state index in [-0.39, 0.29) is 29.8 Å². The fourth-order valence-corrected chi connectivity index (χ4v) is 5.00. The van der Waals surface area contributed by atoms with Crippen LogP contribution in [0, 0.1) is 10.1 Å². The predicted octanol–water partition coefficient (Wildman–Crippen LogP) is 3.23. The van der Waals surface area contributed by atoms with E-state index in [0.29, 0.717) is 22.8 Å². The Kier molecular flexibility index (Phi) is 3.99. The third kappa shape index (κ3) is 2.58. The van der Waals surface area contributed by atoms with Crippen molar-refractivity contribution in [1.29, 1.82) is 0 Å². The number of benzene rings is 1. The van der Waals surface area contributed by atoms with E-state index >= 15 is 0 Å². The summed E-state index contributed by atoms with van der Waals surface area (Å²) in [4.78, 5) is 25.5. The summed E-state index contributed by atoms with van der Waals surface area (Å²) in [7, 11) is 0. The van der Waals surface area contributed by atoms with Gasteiger partial charge >= 0.3 is 0 Å². The van der Waals surface area contributed by atoms with Crippen LogP contribution in [0.25, 0.3) is 0 Å². The lowest BCUT2D eigenvalue weighted by Gasteiger charge is -2.35. The number of carbonyl (C=O) groups excluding carboxylic acids is 1. The van der Waals surface area contributed by atoms with Crippen LogP contribution in [0.5, 0.6) is 11.5 Å². The zero-order chi connectivity index (χ0) is 16.7. The molecule has 7 nitrogen and oxygen atoms in total. The molecular weight excluding hydrogens is 332 g/mol. The molecule has 4 rings (SSSR count). The first-order valence-electron chi connectivity index (χ1n) is 8.16. The van der Waals surface area contributed by atoms with Crippen LogP contribution in [0.3, 0.4) is 0 Å². The number of nitro benzene ring substituents is 1. The monoisotopic (exact) mass is 350 g/mol. The second kappa shape index (κ2) is 6.16. The molecule has 3 aliphatic rings. The molecule has 128 valence electrons. The second-order valence-corrected chi connectivity index (χ2v) is 7.35. The number of amides is 1. The van der Waals surface area contributed by atoms with Gasteiger partial charge in [0.15, 0.2) is 11.5 Å². The number of thioether (sulfide) groups is 1. The van der Waals surface area contributed by atoms with Crippen LogP contribution in [-0.2, 0) is 4.79 Å². The fourth-order valence-electron chi connectivity index (χ4n) is 3.73. The minimum absolute atomic E-state index is 0.00717. The first-order chi connectivity index (χ1) is 11.6. The van der Waals surface area contributed by atoms with Gasteiger partial charge in [-0.2, -0.15) is 0 Å². The number of hydrogen-bond donors (Lipinski definition) is 0. The van der Waals surface area contributed by atoms with Crippen molar-refractivity contribution in [1.82, 2.24) is 4.90 Å². The second-order valence-electron chi connectivity index (χ2n) is 6.28. The summed E-state index contributed by atoms with van der Waals surface area (Å²) < 4.78 is 10.6. The van der Waals surface area contributed by atoms with Crippen molar-refractivity contribution in [2.75, 3.05) is 12.5 Å². The van der Waals surface area contributed by atoms with Gasteiger partial charge in [0, 0.05) is 6.04 Å². The fraction of sp³-hybridized carbons (Fsp3) is 0.562. The van der Waals surface area contributed by atoms with Crippen LogP contribution in [0.15, 0.2) is 12.1 Å². The molecule has 2 heterocycles. The summed E-state index contributed by atoms with van der Waals surface area (Å²) in [6.45, 7) is 0.0685. The van der Waals surface area contributed by atoms with Crippen molar-refractivity contribution >= 4 is 23.4 Å². The van der Waals surface area contributed by atoms with Crippen LogP contribution in [-0.4, -0.2) is 34.3 Å². The van der Waals surface area contributed by atoms with E-state index in [1.807, 2.05) is 4.90 Å². The highest BCUT2D eigenvalue weighted by molar-refractivity contribution is 8.00. The Labute approximate surface area is 143 Å². The molecule has 0 radical (unpaired) electrons. The lowest BCUT2D eigenvalue weighted by atomic mass is 9.93. The molecule has 24 heavy (non-hydrogen) atoms. The SMILES string of the molecule is O=C1CS[C@H](c2cc3c(cc2[N+](=O)[O-])OCO3)N1C1CCCCC1. The van der Waals surface area contributed by atoms with Crippen molar-refractivity contribution < 1.29 is 19.2 Å². The van der Waals surface area contributed by atoms with Crippen molar-refractivity contribution in [3.63, 3.8) is 0 Å². The van der Waals surface area contributed by atoms with Crippen LogP contribution >= 0.6 is 11.8 Å².